The number of carbonyl (C=O) groups is 1. The maximum atomic E-state index is 12.6. The van der Waals surface area contributed by atoms with E-state index in [9.17, 15) is 14.9 Å². The van der Waals surface area contributed by atoms with Gasteiger partial charge in [0.15, 0.2) is 11.5 Å². The zero-order chi connectivity index (χ0) is 23.3. The van der Waals surface area contributed by atoms with E-state index >= 15 is 0 Å². The standard InChI is InChI=1S/C20H20N4O7S/c1-11(18(25)21-14-10-13(24(26)27)6-8-15(14)28-2)32-20-23-22-19(31-20)12-5-7-16(29-3)17(9-12)30-4/h5-11H,1-4H3,(H,21,25). The largest absolute Gasteiger partial charge is 0.495 e. The highest BCUT2D eigenvalue weighted by atomic mass is 32.2. The molecule has 3 aromatic rings. The van der Waals surface area contributed by atoms with Gasteiger partial charge in [-0.25, -0.2) is 0 Å². The number of ether oxygens (including phenoxy) is 3. The van der Waals surface area contributed by atoms with Crippen molar-refractivity contribution in [2.24, 2.45) is 0 Å². The first kappa shape index (κ1) is 22.9. The van der Waals surface area contributed by atoms with E-state index in [1.807, 2.05) is 0 Å². The second-order valence-corrected chi connectivity index (χ2v) is 7.63. The lowest BCUT2D eigenvalue weighted by atomic mass is 10.2. The minimum Gasteiger partial charge on any atom is -0.495 e. The number of anilines is 1. The molecule has 1 aromatic heterocycles. The average Bonchev–Trinajstić information content (AvgIpc) is 3.26. The van der Waals surface area contributed by atoms with Crippen LogP contribution in [0, 0.1) is 10.1 Å². The number of nitro benzene ring substituents is 1. The molecule has 11 nitrogen and oxygen atoms in total. The van der Waals surface area contributed by atoms with Gasteiger partial charge in [-0.3, -0.25) is 14.9 Å². The molecule has 0 aliphatic carbocycles. The third-order valence-corrected chi connectivity index (χ3v) is 5.27. The van der Waals surface area contributed by atoms with Gasteiger partial charge in [-0.15, -0.1) is 10.2 Å². The number of benzene rings is 2. The number of nitrogens with one attached hydrogen (secondary N) is 1. The lowest BCUT2D eigenvalue weighted by molar-refractivity contribution is -0.384. The number of nitrogens with zero attached hydrogens (tertiary/aromatic N) is 3. The van der Waals surface area contributed by atoms with E-state index in [-0.39, 0.29) is 22.5 Å². The van der Waals surface area contributed by atoms with Crippen molar-refractivity contribution < 1.29 is 28.3 Å². The minimum absolute atomic E-state index is 0.169. The molecular formula is C20H20N4O7S. The van der Waals surface area contributed by atoms with Crippen molar-refractivity contribution in [2.45, 2.75) is 17.4 Å². The number of amides is 1. The molecule has 2 aromatic carbocycles. The van der Waals surface area contributed by atoms with Gasteiger partial charge < -0.3 is 23.9 Å². The zero-order valence-corrected chi connectivity index (χ0v) is 18.5. The van der Waals surface area contributed by atoms with Crippen LogP contribution in [0.1, 0.15) is 6.92 Å². The molecule has 0 aliphatic rings. The fraction of sp³-hybridized carbons (Fsp3) is 0.250. The smallest absolute Gasteiger partial charge is 0.277 e. The second-order valence-electron chi connectivity index (χ2n) is 6.33. The van der Waals surface area contributed by atoms with Crippen LogP contribution in [0.4, 0.5) is 11.4 Å². The Hall–Kier alpha value is -3.80. The Kier molecular flexibility index (Phi) is 7.15. The van der Waals surface area contributed by atoms with Gasteiger partial charge in [-0.2, -0.15) is 0 Å². The van der Waals surface area contributed by atoms with E-state index in [0.29, 0.717) is 22.8 Å². The fourth-order valence-corrected chi connectivity index (χ4v) is 3.37. The first-order valence-electron chi connectivity index (χ1n) is 9.22. The van der Waals surface area contributed by atoms with Crippen molar-refractivity contribution in [3.8, 4) is 28.7 Å². The molecule has 1 amide bonds. The van der Waals surface area contributed by atoms with Crippen LogP contribution < -0.4 is 19.5 Å². The summed E-state index contributed by atoms with van der Waals surface area (Å²) in [5.41, 5.74) is 0.647. The van der Waals surface area contributed by atoms with Gasteiger partial charge in [-0.05, 0) is 31.2 Å². The number of hydrogen-bond acceptors (Lipinski definition) is 10. The quantitative estimate of drug-likeness (QED) is 0.285. The van der Waals surface area contributed by atoms with Crippen molar-refractivity contribution in [3.05, 3.63) is 46.5 Å². The molecule has 0 bridgehead atoms. The molecule has 3 rings (SSSR count). The summed E-state index contributed by atoms with van der Waals surface area (Å²) in [6, 6.07) is 9.10. The summed E-state index contributed by atoms with van der Waals surface area (Å²) in [5, 5.41) is 21.2. The summed E-state index contributed by atoms with van der Waals surface area (Å²) in [5.74, 6) is 1.21. The first-order chi connectivity index (χ1) is 15.4. The number of hydrogen-bond donors (Lipinski definition) is 1. The van der Waals surface area contributed by atoms with E-state index in [0.717, 1.165) is 11.8 Å². The lowest BCUT2D eigenvalue weighted by Crippen LogP contribution is -2.22. The Balaban J connectivity index is 1.71. The molecule has 32 heavy (non-hydrogen) atoms. The van der Waals surface area contributed by atoms with Crippen LogP contribution >= 0.6 is 11.8 Å². The highest BCUT2D eigenvalue weighted by molar-refractivity contribution is 8.00. The summed E-state index contributed by atoms with van der Waals surface area (Å²) >= 11 is 1.05. The molecule has 0 saturated heterocycles. The Morgan fingerprint density at radius 2 is 1.75 bits per heavy atom. The molecule has 0 aliphatic heterocycles. The number of methoxy groups -OCH3 is 3. The third-order valence-electron chi connectivity index (χ3n) is 4.34. The molecule has 1 heterocycles. The summed E-state index contributed by atoms with van der Waals surface area (Å²) in [7, 11) is 4.46. The van der Waals surface area contributed by atoms with Gasteiger partial charge in [0, 0.05) is 17.7 Å². The first-order valence-corrected chi connectivity index (χ1v) is 10.1. The predicted molar refractivity (Wildman–Crippen MR) is 116 cm³/mol. The minimum atomic E-state index is -0.641. The van der Waals surface area contributed by atoms with Gasteiger partial charge in [0.05, 0.1) is 37.2 Å². The van der Waals surface area contributed by atoms with Gasteiger partial charge in [-0.1, -0.05) is 11.8 Å². The van der Waals surface area contributed by atoms with E-state index in [2.05, 4.69) is 15.5 Å². The predicted octanol–water partition coefficient (Wildman–Crippen LogP) is 3.79. The van der Waals surface area contributed by atoms with Crippen molar-refractivity contribution in [2.75, 3.05) is 26.6 Å². The summed E-state index contributed by atoms with van der Waals surface area (Å²) in [4.78, 5) is 23.1. The molecule has 12 heteroatoms. The van der Waals surface area contributed by atoms with Gasteiger partial charge in [0.1, 0.15) is 5.75 Å². The Bertz CT molecular complexity index is 1130. The number of carbonyl (C=O) groups excluding carboxylic acids is 1. The summed E-state index contributed by atoms with van der Waals surface area (Å²) in [6.45, 7) is 1.64. The number of aromatic nitrogens is 2. The van der Waals surface area contributed by atoms with Crippen LogP contribution in [0.5, 0.6) is 17.2 Å². The molecular weight excluding hydrogens is 440 g/mol. The SMILES string of the molecule is COc1ccc([N+](=O)[O-])cc1NC(=O)C(C)Sc1nnc(-c2ccc(OC)c(OC)c2)o1. The highest BCUT2D eigenvalue weighted by Crippen LogP contribution is 2.34. The monoisotopic (exact) mass is 460 g/mol. The maximum absolute atomic E-state index is 12.6. The van der Waals surface area contributed by atoms with E-state index in [1.54, 1.807) is 25.1 Å². The van der Waals surface area contributed by atoms with Crippen LogP contribution in [0.3, 0.4) is 0 Å². The number of non-ortho nitro benzene ring substituents is 1. The van der Waals surface area contributed by atoms with Crippen LogP contribution in [-0.2, 0) is 4.79 Å². The number of nitro groups is 1. The zero-order valence-electron chi connectivity index (χ0n) is 17.6. The maximum Gasteiger partial charge on any atom is 0.277 e. The van der Waals surface area contributed by atoms with Crippen LogP contribution in [-0.4, -0.2) is 47.6 Å². The van der Waals surface area contributed by atoms with Crippen LogP contribution in [0.2, 0.25) is 0 Å². The summed E-state index contributed by atoms with van der Waals surface area (Å²) in [6.07, 6.45) is 0. The topological polar surface area (TPSA) is 139 Å². The Morgan fingerprint density at radius 3 is 2.41 bits per heavy atom. The number of rotatable bonds is 9. The molecule has 0 saturated carbocycles. The van der Waals surface area contributed by atoms with Gasteiger partial charge in [0.2, 0.25) is 11.8 Å². The third kappa shape index (κ3) is 5.09. The fourth-order valence-electron chi connectivity index (χ4n) is 2.69. The number of thioether (sulfide) groups is 1. The van der Waals surface area contributed by atoms with Crippen molar-refractivity contribution >= 4 is 29.0 Å². The van der Waals surface area contributed by atoms with Crippen LogP contribution in [0.15, 0.2) is 46.0 Å². The molecule has 1 unspecified atom stereocenters. The van der Waals surface area contributed by atoms with E-state index in [1.165, 1.54) is 39.5 Å². The van der Waals surface area contributed by atoms with E-state index in [4.69, 9.17) is 18.6 Å². The Labute approximate surface area is 187 Å². The second kappa shape index (κ2) is 10.0. The van der Waals surface area contributed by atoms with E-state index < -0.39 is 16.1 Å². The molecule has 168 valence electrons. The normalized spacial score (nSPS) is 11.5. The lowest BCUT2D eigenvalue weighted by Gasteiger charge is -2.12. The van der Waals surface area contributed by atoms with Crippen LogP contribution in [0.25, 0.3) is 11.5 Å². The van der Waals surface area contributed by atoms with Gasteiger partial charge in [0.25, 0.3) is 10.9 Å². The molecule has 0 spiro atoms. The molecule has 1 atom stereocenters. The highest BCUT2D eigenvalue weighted by Gasteiger charge is 2.21. The van der Waals surface area contributed by atoms with Crippen molar-refractivity contribution in [3.63, 3.8) is 0 Å². The van der Waals surface area contributed by atoms with Crippen molar-refractivity contribution in [1.29, 1.82) is 0 Å². The van der Waals surface area contributed by atoms with Crippen molar-refractivity contribution in [1.82, 2.24) is 10.2 Å². The molecule has 0 radical (unpaired) electrons. The summed E-state index contributed by atoms with van der Waals surface area (Å²) < 4.78 is 21.3. The average molecular weight is 460 g/mol. The van der Waals surface area contributed by atoms with Gasteiger partial charge >= 0.3 is 0 Å². The Morgan fingerprint density at radius 1 is 1.06 bits per heavy atom. The molecule has 0 fully saturated rings. The molecule has 1 N–H and O–H groups in total.